The van der Waals surface area contributed by atoms with Gasteiger partial charge in [-0.1, -0.05) is 11.6 Å². The second-order valence-electron chi connectivity index (χ2n) is 4.68. The first kappa shape index (κ1) is 10.9. The molecular weight excluding hydrogens is 258 g/mol. The van der Waals surface area contributed by atoms with Gasteiger partial charge in [-0.15, -0.1) is 0 Å². The summed E-state index contributed by atoms with van der Waals surface area (Å²) < 4.78 is 0. The van der Waals surface area contributed by atoms with Gasteiger partial charge in [0.2, 0.25) is 0 Å². The summed E-state index contributed by atoms with van der Waals surface area (Å²) in [6.07, 6.45) is 9.30. The van der Waals surface area contributed by atoms with Crippen LogP contribution in [-0.4, -0.2) is 15.0 Å². The minimum Gasteiger partial charge on any atom is -0.264 e. The average molecular weight is 268 g/mol. The molecule has 0 N–H and O–H groups in total. The van der Waals surface area contributed by atoms with Gasteiger partial charge in [0, 0.05) is 35.7 Å². The molecule has 3 nitrogen and oxygen atoms in total. The van der Waals surface area contributed by atoms with Crippen LogP contribution < -0.4 is 0 Å². The van der Waals surface area contributed by atoms with Crippen molar-refractivity contribution in [1.29, 1.82) is 0 Å². The molecule has 4 rings (SSSR count). The zero-order chi connectivity index (χ0) is 12.8. The molecule has 0 bridgehead atoms. The Labute approximate surface area is 115 Å². The lowest BCUT2D eigenvalue weighted by molar-refractivity contribution is 0.931. The Balaban J connectivity index is 2.13. The quantitative estimate of drug-likeness (QED) is 0.586. The first-order valence-electron chi connectivity index (χ1n) is 6.20. The highest BCUT2D eigenvalue weighted by Gasteiger charge is 2.21. The highest BCUT2D eigenvalue weighted by molar-refractivity contribution is 6.34. The number of hydrogen-bond acceptors (Lipinski definition) is 3. The number of nitrogens with zero attached hydrogens (tertiary/aromatic N) is 3. The lowest BCUT2D eigenvalue weighted by Gasteiger charge is -2.20. The molecule has 0 aliphatic heterocycles. The molecule has 1 aliphatic carbocycles. The number of pyridine rings is 3. The molecule has 0 unspecified atom stereocenters. The lowest BCUT2D eigenvalue weighted by Crippen LogP contribution is -2.07. The third kappa shape index (κ3) is 1.55. The van der Waals surface area contributed by atoms with Crippen LogP contribution in [0.4, 0.5) is 0 Å². The van der Waals surface area contributed by atoms with Gasteiger partial charge in [0.1, 0.15) is 5.15 Å². The highest BCUT2D eigenvalue weighted by Crippen LogP contribution is 2.37. The topological polar surface area (TPSA) is 38.7 Å². The second-order valence-corrected chi connectivity index (χ2v) is 5.04. The van der Waals surface area contributed by atoms with Crippen molar-refractivity contribution in [3.63, 3.8) is 0 Å². The molecule has 1 aliphatic rings. The zero-order valence-electron chi connectivity index (χ0n) is 10.1. The summed E-state index contributed by atoms with van der Waals surface area (Å²) in [5.41, 5.74) is 4.61. The van der Waals surface area contributed by atoms with Crippen LogP contribution in [0.25, 0.3) is 22.0 Å². The lowest BCUT2D eigenvalue weighted by atomic mass is 9.88. The molecule has 0 saturated heterocycles. The molecule has 0 fully saturated rings. The van der Waals surface area contributed by atoms with Crippen molar-refractivity contribution in [3.8, 4) is 11.3 Å². The first-order chi connectivity index (χ1) is 9.34. The van der Waals surface area contributed by atoms with Crippen molar-refractivity contribution < 1.29 is 0 Å². The van der Waals surface area contributed by atoms with E-state index in [0.717, 1.165) is 34.9 Å². The van der Waals surface area contributed by atoms with E-state index >= 15 is 0 Å². The fourth-order valence-electron chi connectivity index (χ4n) is 2.77. The number of hydrogen-bond donors (Lipinski definition) is 0. The predicted octanol–water partition coefficient (Wildman–Crippen LogP) is 3.44. The first-order valence-corrected chi connectivity index (χ1v) is 6.58. The van der Waals surface area contributed by atoms with Crippen molar-refractivity contribution in [2.75, 3.05) is 0 Å². The fraction of sp³-hybridized carbons (Fsp3) is 0.133. The average Bonchev–Trinajstić information content (AvgIpc) is 2.47. The third-order valence-corrected chi connectivity index (χ3v) is 3.96. The Kier molecular flexibility index (Phi) is 2.29. The Morgan fingerprint density at radius 3 is 2.74 bits per heavy atom. The van der Waals surface area contributed by atoms with E-state index in [-0.39, 0.29) is 0 Å². The predicted molar refractivity (Wildman–Crippen MR) is 75.2 cm³/mol. The van der Waals surface area contributed by atoms with Crippen molar-refractivity contribution in [3.05, 3.63) is 53.2 Å². The number of halogens is 1. The van der Waals surface area contributed by atoms with E-state index in [9.17, 15) is 0 Å². The number of rotatable bonds is 0. The molecule has 0 atom stereocenters. The fourth-order valence-corrected chi connectivity index (χ4v) is 3.00. The van der Waals surface area contributed by atoms with E-state index in [1.54, 1.807) is 12.4 Å². The van der Waals surface area contributed by atoms with Gasteiger partial charge in [-0.25, -0.2) is 4.98 Å². The van der Waals surface area contributed by atoms with Crippen LogP contribution in [0.15, 0.2) is 36.9 Å². The van der Waals surface area contributed by atoms with Crippen LogP contribution in [0, 0.1) is 0 Å². The maximum absolute atomic E-state index is 6.29. The maximum atomic E-state index is 6.29. The van der Waals surface area contributed by atoms with Gasteiger partial charge in [0.15, 0.2) is 0 Å². The second kappa shape index (κ2) is 4.00. The van der Waals surface area contributed by atoms with Crippen LogP contribution in [-0.2, 0) is 12.8 Å². The Hall–Kier alpha value is -2.00. The van der Waals surface area contributed by atoms with Crippen LogP contribution in [0.1, 0.15) is 11.1 Å². The molecule has 4 heteroatoms. The van der Waals surface area contributed by atoms with Crippen molar-refractivity contribution >= 4 is 22.4 Å². The van der Waals surface area contributed by atoms with Gasteiger partial charge in [0.05, 0.1) is 5.69 Å². The molecule has 0 radical (unpaired) electrons. The van der Waals surface area contributed by atoms with Crippen LogP contribution >= 0.6 is 11.6 Å². The van der Waals surface area contributed by atoms with E-state index < -0.39 is 0 Å². The van der Waals surface area contributed by atoms with Gasteiger partial charge in [-0.2, -0.15) is 0 Å². The van der Waals surface area contributed by atoms with E-state index in [1.165, 1.54) is 11.1 Å². The molecule has 3 aromatic rings. The summed E-state index contributed by atoms with van der Waals surface area (Å²) in [6.45, 7) is 0. The molecule has 92 valence electrons. The number of aromatic nitrogens is 3. The largest absolute Gasteiger partial charge is 0.264 e. The maximum Gasteiger partial charge on any atom is 0.139 e. The van der Waals surface area contributed by atoms with Crippen LogP contribution in [0.5, 0.6) is 0 Å². The SMILES string of the molecule is Clc1nc2c(c3ccncc13)CCc1ccncc1-2. The molecular formula is C15H10ClN3. The minimum absolute atomic E-state index is 0.513. The van der Waals surface area contributed by atoms with Gasteiger partial charge in [-0.05, 0) is 41.5 Å². The van der Waals surface area contributed by atoms with Gasteiger partial charge in [-0.3, -0.25) is 9.97 Å². The normalized spacial score (nSPS) is 13.1. The summed E-state index contributed by atoms with van der Waals surface area (Å²) >= 11 is 6.29. The van der Waals surface area contributed by atoms with E-state index in [1.807, 2.05) is 18.5 Å². The molecule has 3 heterocycles. The van der Waals surface area contributed by atoms with Gasteiger partial charge >= 0.3 is 0 Å². The van der Waals surface area contributed by atoms with Gasteiger partial charge < -0.3 is 0 Å². The summed E-state index contributed by atoms with van der Waals surface area (Å²) in [7, 11) is 0. The zero-order valence-corrected chi connectivity index (χ0v) is 10.9. The summed E-state index contributed by atoms with van der Waals surface area (Å²) in [5.74, 6) is 0. The molecule has 0 amide bonds. The summed E-state index contributed by atoms with van der Waals surface area (Å²) in [6, 6.07) is 4.08. The number of aryl methyl sites for hydroxylation is 2. The summed E-state index contributed by atoms with van der Waals surface area (Å²) in [4.78, 5) is 12.9. The van der Waals surface area contributed by atoms with Crippen molar-refractivity contribution in [2.24, 2.45) is 0 Å². The Morgan fingerprint density at radius 1 is 0.947 bits per heavy atom. The molecule has 0 saturated carbocycles. The Bertz CT molecular complexity index is 798. The third-order valence-electron chi connectivity index (χ3n) is 3.68. The molecule has 19 heavy (non-hydrogen) atoms. The van der Waals surface area contributed by atoms with Crippen LogP contribution in [0.3, 0.4) is 0 Å². The molecule has 0 spiro atoms. The smallest absolute Gasteiger partial charge is 0.139 e. The molecule has 0 aromatic carbocycles. The van der Waals surface area contributed by atoms with E-state index in [4.69, 9.17) is 11.6 Å². The highest BCUT2D eigenvalue weighted by atomic mass is 35.5. The minimum atomic E-state index is 0.513. The standard InChI is InChI=1S/C15H10ClN3/c16-15-13-8-18-6-4-10(13)11-2-1-9-3-5-17-7-12(9)14(11)19-15/h3-8H,1-2H2. The van der Waals surface area contributed by atoms with Gasteiger partial charge in [0.25, 0.3) is 0 Å². The summed E-state index contributed by atoms with van der Waals surface area (Å²) in [5, 5.41) is 2.59. The van der Waals surface area contributed by atoms with E-state index in [0.29, 0.717) is 5.15 Å². The Morgan fingerprint density at radius 2 is 1.79 bits per heavy atom. The monoisotopic (exact) mass is 267 g/mol. The molecule has 3 aromatic heterocycles. The number of fused-ring (bicyclic) bond motifs is 5. The van der Waals surface area contributed by atoms with Crippen LogP contribution in [0.2, 0.25) is 5.15 Å². The van der Waals surface area contributed by atoms with Crippen molar-refractivity contribution in [1.82, 2.24) is 15.0 Å². The van der Waals surface area contributed by atoms with Crippen molar-refractivity contribution in [2.45, 2.75) is 12.8 Å². The van der Waals surface area contributed by atoms with E-state index in [2.05, 4.69) is 21.0 Å².